The van der Waals surface area contributed by atoms with Crippen molar-refractivity contribution in [2.75, 3.05) is 24.4 Å². The Morgan fingerprint density at radius 3 is 2.73 bits per heavy atom. The molecule has 1 N–H and O–H groups in total. The van der Waals surface area contributed by atoms with Gasteiger partial charge in [0.15, 0.2) is 6.17 Å². The van der Waals surface area contributed by atoms with E-state index in [0.717, 1.165) is 5.69 Å². The second-order valence-electron chi connectivity index (χ2n) is 5.64. The molecule has 0 spiro atoms. The van der Waals surface area contributed by atoms with Crippen LogP contribution in [0.4, 0.5) is 11.4 Å². The van der Waals surface area contributed by atoms with Crippen molar-refractivity contribution < 1.29 is 14.3 Å². The molecule has 0 radical (unpaired) electrons. The lowest BCUT2D eigenvalue weighted by molar-refractivity contribution is 0.0973. The first-order valence-corrected chi connectivity index (χ1v) is 8.74. The Hall–Kier alpha value is -3.13. The summed E-state index contributed by atoms with van der Waals surface area (Å²) in [5, 5.41) is 9.36. The Kier molecular flexibility index (Phi) is 4.18. The topological polar surface area (TPSA) is 76.6 Å². The first-order chi connectivity index (χ1) is 12.7. The van der Waals surface area contributed by atoms with Crippen LogP contribution in [-0.4, -0.2) is 29.7 Å². The number of nitrogens with zero attached hydrogens (tertiary/aromatic N) is 3. The molecule has 0 saturated heterocycles. The van der Waals surface area contributed by atoms with Gasteiger partial charge in [0.1, 0.15) is 17.2 Å². The molecule has 132 valence electrons. The molecule has 2 heterocycles. The number of carbonyl (C=O) groups is 1. The molecule has 3 aromatic rings. The van der Waals surface area contributed by atoms with E-state index >= 15 is 0 Å². The van der Waals surface area contributed by atoms with Gasteiger partial charge in [-0.1, -0.05) is 16.6 Å². The van der Waals surface area contributed by atoms with Crippen molar-refractivity contribution in [1.29, 1.82) is 0 Å². The van der Waals surface area contributed by atoms with E-state index in [1.165, 1.54) is 11.5 Å². The highest BCUT2D eigenvalue weighted by atomic mass is 32.1. The third-order valence-electron chi connectivity index (χ3n) is 4.23. The number of amides is 1. The van der Waals surface area contributed by atoms with E-state index < -0.39 is 6.17 Å². The zero-order valence-electron chi connectivity index (χ0n) is 14.2. The number of methoxy groups -OCH3 is 2. The van der Waals surface area contributed by atoms with Crippen LogP contribution < -0.4 is 19.7 Å². The Balaban J connectivity index is 1.88. The summed E-state index contributed by atoms with van der Waals surface area (Å²) < 4.78 is 14.7. The molecule has 8 heteroatoms. The normalized spacial score (nSPS) is 16.0. The molecule has 0 bridgehead atoms. The minimum absolute atomic E-state index is 0.138. The van der Waals surface area contributed by atoms with E-state index in [4.69, 9.17) is 9.47 Å². The number of aromatic nitrogens is 2. The van der Waals surface area contributed by atoms with Crippen LogP contribution >= 0.6 is 11.5 Å². The molecule has 0 saturated carbocycles. The number of ether oxygens (including phenoxy) is 2. The summed E-state index contributed by atoms with van der Waals surface area (Å²) in [6, 6.07) is 12.7. The molecule has 26 heavy (non-hydrogen) atoms. The maximum atomic E-state index is 13.3. The number of hydrogen-bond donors (Lipinski definition) is 1. The van der Waals surface area contributed by atoms with Gasteiger partial charge in [-0.05, 0) is 35.8 Å². The molecular formula is C18H16N4O3S. The maximum Gasteiger partial charge on any atom is 0.262 e. The molecule has 1 amide bonds. The Morgan fingerprint density at radius 2 is 2.00 bits per heavy atom. The molecular weight excluding hydrogens is 352 g/mol. The van der Waals surface area contributed by atoms with Crippen LogP contribution in [0.25, 0.3) is 0 Å². The Morgan fingerprint density at radius 1 is 1.15 bits per heavy atom. The standard InChI is InChI=1S/C18H16N4O3S/c1-24-11-7-8-15(16(9-11)25-2)22-17(14-10-26-21-20-14)19-13-6-4-3-5-12(13)18(22)23/h3-10,17,19H,1-2H3/t17-/m1/s1. The molecule has 0 aliphatic carbocycles. The van der Waals surface area contributed by atoms with Gasteiger partial charge < -0.3 is 14.8 Å². The number of nitrogens with one attached hydrogen (secondary N) is 1. The highest BCUT2D eigenvalue weighted by molar-refractivity contribution is 7.03. The van der Waals surface area contributed by atoms with Crippen LogP contribution in [0.15, 0.2) is 47.8 Å². The van der Waals surface area contributed by atoms with Gasteiger partial charge in [0.05, 0.1) is 25.5 Å². The SMILES string of the molecule is COc1ccc(N2C(=O)c3ccccc3N[C@H]2c2csnn2)c(OC)c1. The summed E-state index contributed by atoms with van der Waals surface area (Å²) in [5.74, 6) is 1.04. The van der Waals surface area contributed by atoms with Crippen LogP contribution in [0, 0.1) is 0 Å². The third-order valence-corrected chi connectivity index (χ3v) is 4.75. The van der Waals surface area contributed by atoms with Crippen molar-refractivity contribution in [2.45, 2.75) is 6.17 Å². The van der Waals surface area contributed by atoms with Crippen LogP contribution in [0.2, 0.25) is 0 Å². The maximum absolute atomic E-state index is 13.3. The van der Waals surface area contributed by atoms with Crippen LogP contribution in [0.1, 0.15) is 22.2 Å². The summed E-state index contributed by atoms with van der Waals surface area (Å²) in [6.07, 6.45) is -0.488. The number of para-hydroxylation sites is 1. The highest BCUT2D eigenvalue weighted by Gasteiger charge is 2.36. The van der Waals surface area contributed by atoms with E-state index in [2.05, 4.69) is 14.9 Å². The fourth-order valence-corrected chi connectivity index (χ4v) is 3.46. The van der Waals surface area contributed by atoms with Gasteiger partial charge in [-0.3, -0.25) is 9.69 Å². The lowest BCUT2D eigenvalue weighted by Gasteiger charge is -2.37. The molecule has 1 atom stereocenters. The van der Waals surface area contributed by atoms with Crippen molar-refractivity contribution in [3.63, 3.8) is 0 Å². The number of fused-ring (bicyclic) bond motifs is 1. The monoisotopic (exact) mass is 368 g/mol. The summed E-state index contributed by atoms with van der Waals surface area (Å²) in [6.45, 7) is 0. The predicted octanol–water partition coefficient (Wildman–Crippen LogP) is 3.33. The van der Waals surface area contributed by atoms with E-state index in [1.807, 2.05) is 23.6 Å². The van der Waals surface area contributed by atoms with Gasteiger partial charge >= 0.3 is 0 Å². The van der Waals surface area contributed by atoms with Crippen molar-refractivity contribution in [3.05, 3.63) is 59.1 Å². The molecule has 0 unspecified atom stereocenters. The number of hydrogen-bond acceptors (Lipinski definition) is 7. The van der Waals surface area contributed by atoms with E-state index in [-0.39, 0.29) is 5.91 Å². The summed E-state index contributed by atoms with van der Waals surface area (Å²) in [4.78, 5) is 14.9. The number of carbonyl (C=O) groups excluding carboxylic acids is 1. The van der Waals surface area contributed by atoms with Gasteiger partial charge in [-0.25, -0.2) is 0 Å². The summed E-state index contributed by atoms with van der Waals surface area (Å²) in [5.41, 5.74) is 2.64. The molecule has 1 aliphatic heterocycles. The minimum atomic E-state index is -0.488. The van der Waals surface area contributed by atoms with Gasteiger partial charge in [0, 0.05) is 17.1 Å². The van der Waals surface area contributed by atoms with E-state index in [9.17, 15) is 4.79 Å². The second kappa shape index (κ2) is 6.64. The van der Waals surface area contributed by atoms with Crippen molar-refractivity contribution in [3.8, 4) is 11.5 Å². The van der Waals surface area contributed by atoms with Crippen LogP contribution in [-0.2, 0) is 0 Å². The van der Waals surface area contributed by atoms with Gasteiger partial charge in [0.25, 0.3) is 5.91 Å². The summed E-state index contributed by atoms with van der Waals surface area (Å²) in [7, 11) is 3.15. The van der Waals surface area contributed by atoms with Crippen LogP contribution in [0.5, 0.6) is 11.5 Å². The van der Waals surface area contributed by atoms with Crippen molar-refractivity contribution >= 4 is 28.8 Å². The quantitative estimate of drug-likeness (QED) is 0.761. The lowest BCUT2D eigenvalue weighted by atomic mass is 10.1. The second-order valence-corrected chi connectivity index (χ2v) is 6.24. The predicted molar refractivity (Wildman–Crippen MR) is 99.1 cm³/mol. The molecule has 1 aliphatic rings. The Bertz CT molecular complexity index is 945. The van der Waals surface area contributed by atoms with Crippen molar-refractivity contribution in [1.82, 2.24) is 9.59 Å². The third kappa shape index (κ3) is 2.64. The number of rotatable bonds is 4. The lowest BCUT2D eigenvalue weighted by Crippen LogP contribution is -2.43. The highest BCUT2D eigenvalue weighted by Crippen LogP contribution is 2.41. The molecule has 2 aromatic carbocycles. The summed E-state index contributed by atoms with van der Waals surface area (Å²) >= 11 is 1.24. The zero-order valence-corrected chi connectivity index (χ0v) is 15.0. The first kappa shape index (κ1) is 16.3. The van der Waals surface area contributed by atoms with Gasteiger partial charge in [0.2, 0.25) is 0 Å². The molecule has 4 rings (SSSR count). The van der Waals surface area contributed by atoms with E-state index in [0.29, 0.717) is 28.4 Å². The van der Waals surface area contributed by atoms with Crippen LogP contribution in [0.3, 0.4) is 0 Å². The van der Waals surface area contributed by atoms with Crippen molar-refractivity contribution in [2.24, 2.45) is 0 Å². The largest absolute Gasteiger partial charge is 0.497 e. The van der Waals surface area contributed by atoms with Gasteiger partial charge in [-0.15, -0.1) is 5.10 Å². The zero-order chi connectivity index (χ0) is 18.1. The smallest absolute Gasteiger partial charge is 0.262 e. The first-order valence-electron chi connectivity index (χ1n) is 7.91. The fraction of sp³-hybridized carbons (Fsp3) is 0.167. The minimum Gasteiger partial charge on any atom is -0.497 e. The van der Waals surface area contributed by atoms with Gasteiger partial charge in [-0.2, -0.15) is 0 Å². The average molecular weight is 368 g/mol. The number of benzene rings is 2. The fourth-order valence-electron chi connectivity index (χ4n) is 2.98. The average Bonchev–Trinajstić information content (AvgIpc) is 3.22. The van der Waals surface area contributed by atoms with E-state index in [1.54, 1.807) is 43.4 Å². The Labute approximate surface area is 154 Å². The number of anilines is 2. The molecule has 0 fully saturated rings. The molecule has 1 aromatic heterocycles. The molecule has 7 nitrogen and oxygen atoms in total.